The van der Waals surface area contributed by atoms with E-state index in [4.69, 9.17) is 4.74 Å². The second-order valence-corrected chi connectivity index (χ2v) is 16.9. The Kier molecular flexibility index (Phi) is 13.4. The van der Waals surface area contributed by atoms with Crippen molar-refractivity contribution in [3.05, 3.63) is 0 Å². The lowest BCUT2D eigenvalue weighted by Crippen LogP contribution is -2.50. The molecule has 6 saturated carbocycles. The number of rotatable bonds is 11. The van der Waals surface area contributed by atoms with E-state index in [1.165, 1.54) is 77.0 Å². The first-order valence-electron chi connectivity index (χ1n) is 20.2. The maximum Gasteiger partial charge on any atom is 0.307 e. The molecule has 0 aliphatic heterocycles. The summed E-state index contributed by atoms with van der Waals surface area (Å²) in [5, 5.41) is 26.5. The Balaban J connectivity index is 0.910. The van der Waals surface area contributed by atoms with Crippen molar-refractivity contribution in [1.29, 1.82) is 0 Å². The summed E-state index contributed by atoms with van der Waals surface area (Å²) in [6.07, 6.45) is 28.3. The number of hydrogen-bond donors (Lipinski definition) is 4. The fourth-order valence-electron chi connectivity index (χ4n) is 11.2. The Hall–Kier alpha value is -1.22. The highest BCUT2D eigenvalue weighted by molar-refractivity contribution is 5.85. The van der Waals surface area contributed by atoms with Crippen LogP contribution in [0.4, 0.5) is 0 Å². The molecule has 268 valence electrons. The first-order chi connectivity index (χ1) is 23.0. The lowest BCUT2D eigenvalue weighted by molar-refractivity contribution is -0.254. The summed E-state index contributed by atoms with van der Waals surface area (Å²) in [7, 11) is 0. The standard InChI is InChI=1S/C39H66N2O6/c42-38(36-23-28(13-22-35(36)39(43)44)26-7-3-1-4-8-26)41-32-16-20-34(21-17-32)47-33-18-14-31(15-19-33)40-37-24-29(11-12-30(37)25-46-45)27-9-5-2-6-10-27/h26-37,40,45H,1-25H2,(H,41,42)(H,43,44). The third-order valence-electron chi connectivity index (χ3n) is 14.0. The van der Waals surface area contributed by atoms with Gasteiger partial charge in [0.2, 0.25) is 5.91 Å². The van der Waals surface area contributed by atoms with Gasteiger partial charge in [-0.1, -0.05) is 64.2 Å². The molecule has 0 aromatic rings. The highest BCUT2D eigenvalue weighted by atomic mass is 17.1. The molecule has 6 aliphatic carbocycles. The van der Waals surface area contributed by atoms with Crippen molar-refractivity contribution in [1.82, 2.24) is 10.6 Å². The molecule has 0 spiro atoms. The average Bonchev–Trinajstić information content (AvgIpc) is 3.11. The van der Waals surface area contributed by atoms with Crippen LogP contribution >= 0.6 is 0 Å². The Morgan fingerprint density at radius 2 is 1.13 bits per heavy atom. The largest absolute Gasteiger partial charge is 0.481 e. The van der Waals surface area contributed by atoms with E-state index >= 15 is 0 Å². The lowest BCUT2D eigenvalue weighted by Gasteiger charge is -2.43. The van der Waals surface area contributed by atoms with Crippen LogP contribution in [-0.4, -0.2) is 59.2 Å². The van der Waals surface area contributed by atoms with Gasteiger partial charge in [-0.05, 0) is 114 Å². The van der Waals surface area contributed by atoms with Crippen molar-refractivity contribution in [2.24, 2.45) is 41.4 Å². The minimum absolute atomic E-state index is 0.0103. The van der Waals surface area contributed by atoms with E-state index in [0.29, 0.717) is 49.0 Å². The molecule has 1 amide bonds. The number of nitrogens with one attached hydrogen (secondary N) is 2. The molecule has 6 rings (SSSR count). The van der Waals surface area contributed by atoms with Crippen LogP contribution in [0.1, 0.15) is 154 Å². The molecule has 0 aromatic heterocycles. The van der Waals surface area contributed by atoms with E-state index in [-0.39, 0.29) is 24.0 Å². The molecule has 8 nitrogen and oxygen atoms in total. The third-order valence-corrected chi connectivity index (χ3v) is 14.0. The van der Waals surface area contributed by atoms with Gasteiger partial charge in [-0.2, -0.15) is 0 Å². The van der Waals surface area contributed by atoms with Gasteiger partial charge in [0.25, 0.3) is 0 Å². The van der Waals surface area contributed by atoms with Crippen molar-refractivity contribution in [3.63, 3.8) is 0 Å². The summed E-state index contributed by atoms with van der Waals surface area (Å²) in [5.41, 5.74) is 0. The Bertz CT molecular complexity index is 967. The first-order valence-corrected chi connectivity index (χ1v) is 20.2. The Morgan fingerprint density at radius 3 is 1.70 bits per heavy atom. The molecule has 6 fully saturated rings. The summed E-state index contributed by atoms with van der Waals surface area (Å²) in [4.78, 5) is 30.3. The van der Waals surface area contributed by atoms with E-state index in [2.05, 4.69) is 15.5 Å². The smallest absolute Gasteiger partial charge is 0.307 e. The molecule has 8 heteroatoms. The zero-order chi connectivity index (χ0) is 32.6. The van der Waals surface area contributed by atoms with Gasteiger partial charge in [0.05, 0.1) is 30.7 Å². The monoisotopic (exact) mass is 658 g/mol. The number of ether oxygens (including phenoxy) is 1. The molecule has 6 aliphatic rings. The summed E-state index contributed by atoms with van der Waals surface area (Å²) in [6.45, 7) is 0.443. The van der Waals surface area contributed by atoms with Crippen LogP contribution < -0.4 is 10.6 Å². The number of carbonyl (C=O) groups excluding carboxylic acids is 1. The second kappa shape index (κ2) is 17.6. The van der Waals surface area contributed by atoms with Gasteiger partial charge in [0.1, 0.15) is 0 Å². The zero-order valence-electron chi connectivity index (χ0n) is 29.1. The molecule has 4 N–H and O–H groups in total. The van der Waals surface area contributed by atoms with Crippen LogP contribution in [0.3, 0.4) is 0 Å². The molecule has 0 heterocycles. The van der Waals surface area contributed by atoms with E-state index in [1.54, 1.807) is 0 Å². The number of hydrogen-bond acceptors (Lipinski definition) is 6. The summed E-state index contributed by atoms with van der Waals surface area (Å²) in [5.74, 6) is 1.57. The van der Waals surface area contributed by atoms with Crippen molar-refractivity contribution in [2.75, 3.05) is 6.61 Å². The van der Waals surface area contributed by atoms with Crippen LogP contribution in [0.15, 0.2) is 0 Å². The predicted molar refractivity (Wildman–Crippen MR) is 183 cm³/mol. The summed E-state index contributed by atoms with van der Waals surface area (Å²) >= 11 is 0. The molecule has 6 atom stereocenters. The van der Waals surface area contributed by atoms with Gasteiger partial charge in [0, 0.05) is 24.0 Å². The summed E-state index contributed by atoms with van der Waals surface area (Å²) < 4.78 is 6.65. The number of carboxylic acid groups (broad SMARTS) is 1. The molecular weight excluding hydrogens is 592 g/mol. The maximum absolute atomic E-state index is 13.5. The van der Waals surface area contributed by atoms with E-state index in [1.807, 2.05) is 0 Å². The molecule has 0 aromatic carbocycles. The molecule has 0 bridgehead atoms. The number of amides is 1. The molecule has 0 radical (unpaired) electrons. The minimum Gasteiger partial charge on any atom is -0.481 e. The number of carboxylic acids is 1. The van der Waals surface area contributed by atoms with Gasteiger partial charge < -0.3 is 20.5 Å². The third kappa shape index (κ3) is 9.73. The van der Waals surface area contributed by atoms with Crippen molar-refractivity contribution in [2.45, 2.75) is 184 Å². The van der Waals surface area contributed by atoms with Crippen LogP contribution in [0.5, 0.6) is 0 Å². The number of carbonyl (C=O) groups is 2. The highest BCUT2D eigenvalue weighted by Crippen LogP contribution is 2.44. The van der Waals surface area contributed by atoms with Gasteiger partial charge in [-0.15, -0.1) is 0 Å². The van der Waals surface area contributed by atoms with Crippen molar-refractivity contribution >= 4 is 11.9 Å². The molecule has 0 saturated heterocycles. The fraction of sp³-hybridized carbons (Fsp3) is 0.949. The predicted octanol–water partition coefficient (Wildman–Crippen LogP) is 7.88. The zero-order valence-corrected chi connectivity index (χ0v) is 29.1. The van der Waals surface area contributed by atoms with Crippen LogP contribution in [0.25, 0.3) is 0 Å². The SMILES string of the molecule is O=C(O)C1CCC(C2CCCCC2)CC1C(=O)NC1CCC(OC2CCC(NC3CC(C4CCCCC4)CCC3COO)CC2)CC1. The van der Waals surface area contributed by atoms with Crippen LogP contribution in [0, 0.1) is 41.4 Å². The normalized spacial score (nSPS) is 39.7. The first kappa shape index (κ1) is 35.6. The van der Waals surface area contributed by atoms with Crippen LogP contribution in [-0.2, 0) is 19.2 Å². The number of aliphatic carboxylic acids is 1. The highest BCUT2D eigenvalue weighted by Gasteiger charge is 2.42. The second-order valence-electron chi connectivity index (χ2n) is 16.9. The molecule has 47 heavy (non-hydrogen) atoms. The quantitative estimate of drug-likeness (QED) is 0.132. The average molecular weight is 659 g/mol. The molecule has 6 unspecified atom stereocenters. The van der Waals surface area contributed by atoms with Gasteiger partial charge >= 0.3 is 5.97 Å². The molecular formula is C39H66N2O6. The van der Waals surface area contributed by atoms with E-state index in [0.717, 1.165) is 82.5 Å². The fourth-order valence-corrected chi connectivity index (χ4v) is 11.2. The van der Waals surface area contributed by atoms with Gasteiger partial charge in [-0.25, -0.2) is 4.89 Å². The Morgan fingerprint density at radius 1 is 0.574 bits per heavy atom. The Labute approximate surface area is 284 Å². The maximum atomic E-state index is 13.5. The van der Waals surface area contributed by atoms with Crippen LogP contribution in [0.2, 0.25) is 0 Å². The topological polar surface area (TPSA) is 117 Å². The van der Waals surface area contributed by atoms with E-state index in [9.17, 15) is 20.0 Å². The van der Waals surface area contributed by atoms with Crippen molar-refractivity contribution in [3.8, 4) is 0 Å². The lowest BCUT2D eigenvalue weighted by atomic mass is 9.66. The van der Waals surface area contributed by atoms with Gasteiger partial charge in [-0.3, -0.25) is 14.8 Å². The summed E-state index contributed by atoms with van der Waals surface area (Å²) in [6, 6.07) is 1.09. The van der Waals surface area contributed by atoms with Crippen molar-refractivity contribution < 1.29 is 29.6 Å². The van der Waals surface area contributed by atoms with E-state index < -0.39 is 11.9 Å². The minimum atomic E-state index is -0.796. The van der Waals surface area contributed by atoms with Gasteiger partial charge in [0.15, 0.2) is 0 Å².